The fourth-order valence-corrected chi connectivity index (χ4v) is 2.02. The summed E-state index contributed by atoms with van der Waals surface area (Å²) in [7, 11) is 0. The number of benzene rings is 1. The molecule has 0 fully saturated rings. The van der Waals surface area contributed by atoms with Gasteiger partial charge in [-0.1, -0.05) is 17.3 Å². The maximum absolute atomic E-state index is 12.3. The molecular formula is C14H13N5O3. The van der Waals surface area contributed by atoms with Gasteiger partial charge in [-0.2, -0.15) is 4.98 Å². The van der Waals surface area contributed by atoms with Crippen LogP contribution in [0, 0.1) is 0 Å². The van der Waals surface area contributed by atoms with E-state index >= 15 is 0 Å². The Morgan fingerprint density at radius 1 is 1.36 bits per heavy atom. The third-order valence-corrected chi connectivity index (χ3v) is 3.04. The standard InChI is InChI=1S/C14H13N5O3/c1-2-15-12(20)13-17-11(18-22-13)7-19-8-16-10-6-4-3-5-9(10)14(19)21/h3-6,8H,2,7H2,1H3,(H,15,20). The number of rotatable bonds is 4. The second-order valence-corrected chi connectivity index (χ2v) is 4.57. The number of para-hydroxylation sites is 1. The number of hydrogen-bond acceptors (Lipinski definition) is 6. The highest BCUT2D eigenvalue weighted by Gasteiger charge is 2.15. The second kappa shape index (κ2) is 5.76. The minimum absolute atomic E-state index is 0.0829. The highest BCUT2D eigenvalue weighted by atomic mass is 16.5. The maximum Gasteiger partial charge on any atom is 0.316 e. The number of carbonyl (C=O) groups excluding carboxylic acids is 1. The van der Waals surface area contributed by atoms with E-state index in [0.717, 1.165) is 0 Å². The van der Waals surface area contributed by atoms with Gasteiger partial charge in [-0.05, 0) is 19.1 Å². The van der Waals surface area contributed by atoms with Crippen molar-refractivity contribution >= 4 is 16.8 Å². The molecule has 1 N–H and O–H groups in total. The van der Waals surface area contributed by atoms with Gasteiger partial charge in [0.1, 0.15) is 0 Å². The first-order valence-corrected chi connectivity index (χ1v) is 6.74. The van der Waals surface area contributed by atoms with Crippen molar-refractivity contribution in [3.8, 4) is 0 Å². The normalized spacial score (nSPS) is 10.8. The molecule has 0 spiro atoms. The lowest BCUT2D eigenvalue weighted by Crippen LogP contribution is -2.23. The van der Waals surface area contributed by atoms with Gasteiger partial charge in [0, 0.05) is 6.54 Å². The van der Waals surface area contributed by atoms with Crippen LogP contribution in [0.2, 0.25) is 0 Å². The third kappa shape index (κ3) is 2.58. The number of nitrogens with one attached hydrogen (secondary N) is 1. The highest BCUT2D eigenvalue weighted by molar-refractivity contribution is 5.89. The zero-order chi connectivity index (χ0) is 15.5. The van der Waals surface area contributed by atoms with Crippen molar-refractivity contribution in [3.63, 3.8) is 0 Å². The van der Waals surface area contributed by atoms with Crippen LogP contribution in [-0.2, 0) is 6.54 Å². The van der Waals surface area contributed by atoms with Crippen molar-refractivity contribution in [1.29, 1.82) is 0 Å². The van der Waals surface area contributed by atoms with Crippen LogP contribution in [0.5, 0.6) is 0 Å². The Morgan fingerprint density at radius 2 is 2.18 bits per heavy atom. The van der Waals surface area contributed by atoms with E-state index in [2.05, 4.69) is 20.4 Å². The molecular weight excluding hydrogens is 286 g/mol. The molecule has 112 valence electrons. The third-order valence-electron chi connectivity index (χ3n) is 3.04. The molecule has 0 atom stereocenters. The molecule has 2 aromatic heterocycles. The Balaban J connectivity index is 1.89. The van der Waals surface area contributed by atoms with Crippen LogP contribution in [-0.4, -0.2) is 32.1 Å². The Morgan fingerprint density at radius 3 is 3.00 bits per heavy atom. The lowest BCUT2D eigenvalue weighted by molar-refractivity contribution is 0.0912. The molecule has 1 amide bonds. The average molecular weight is 299 g/mol. The monoisotopic (exact) mass is 299 g/mol. The van der Waals surface area contributed by atoms with Crippen LogP contribution in [0.25, 0.3) is 10.9 Å². The summed E-state index contributed by atoms with van der Waals surface area (Å²) in [4.78, 5) is 32.1. The molecule has 0 aliphatic carbocycles. The summed E-state index contributed by atoms with van der Waals surface area (Å²) in [6, 6.07) is 7.06. The summed E-state index contributed by atoms with van der Waals surface area (Å²) in [6.07, 6.45) is 1.42. The van der Waals surface area contributed by atoms with Gasteiger partial charge in [-0.25, -0.2) is 4.98 Å². The Labute approximate surface area is 124 Å². The number of fused-ring (bicyclic) bond motifs is 1. The van der Waals surface area contributed by atoms with Crippen molar-refractivity contribution in [2.75, 3.05) is 6.54 Å². The van der Waals surface area contributed by atoms with E-state index < -0.39 is 5.91 Å². The van der Waals surface area contributed by atoms with E-state index in [4.69, 9.17) is 4.52 Å². The molecule has 22 heavy (non-hydrogen) atoms. The Hall–Kier alpha value is -3.03. The summed E-state index contributed by atoms with van der Waals surface area (Å²) in [5, 5.41) is 6.77. The maximum atomic E-state index is 12.3. The lowest BCUT2D eigenvalue weighted by atomic mass is 10.2. The van der Waals surface area contributed by atoms with Crippen molar-refractivity contribution in [2.24, 2.45) is 0 Å². The summed E-state index contributed by atoms with van der Waals surface area (Å²) < 4.78 is 6.24. The van der Waals surface area contributed by atoms with E-state index in [1.165, 1.54) is 10.9 Å². The van der Waals surface area contributed by atoms with E-state index in [0.29, 0.717) is 17.4 Å². The lowest BCUT2D eigenvalue weighted by Gasteiger charge is -2.03. The summed E-state index contributed by atoms with van der Waals surface area (Å²) in [6.45, 7) is 2.33. The number of amides is 1. The van der Waals surface area contributed by atoms with Crippen LogP contribution >= 0.6 is 0 Å². The Bertz CT molecular complexity index is 883. The van der Waals surface area contributed by atoms with Crippen LogP contribution < -0.4 is 10.9 Å². The summed E-state index contributed by atoms with van der Waals surface area (Å²) in [5.41, 5.74) is 0.426. The molecule has 0 saturated carbocycles. The van der Waals surface area contributed by atoms with E-state index in [9.17, 15) is 9.59 Å². The Kier molecular flexibility index (Phi) is 3.65. The number of aromatic nitrogens is 4. The molecule has 3 aromatic rings. The predicted molar refractivity (Wildman–Crippen MR) is 77.4 cm³/mol. The van der Waals surface area contributed by atoms with Crippen molar-refractivity contribution in [2.45, 2.75) is 13.5 Å². The van der Waals surface area contributed by atoms with Gasteiger partial charge in [-0.15, -0.1) is 0 Å². The first-order chi connectivity index (χ1) is 10.7. The molecule has 0 bridgehead atoms. The quantitative estimate of drug-likeness (QED) is 0.755. The summed E-state index contributed by atoms with van der Waals surface area (Å²) >= 11 is 0. The van der Waals surface area contributed by atoms with Crippen molar-refractivity contribution in [1.82, 2.24) is 25.0 Å². The molecule has 0 aliphatic heterocycles. The molecule has 8 heteroatoms. The van der Waals surface area contributed by atoms with Gasteiger partial charge in [-0.3, -0.25) is 14.2 Å². The second-order valence-electron chi connectivity index (χ2n) is 4.57. The fourth-order valence-electron chi connectivity index (χ4n) is 2.02. The van der Waals surface area contributed by atoms with Crippen LogP contribution in [0.15, 0.2) is 39.9 Å². The molecule has 8 nitrogen and oxygen atoms in total. The van der Waals surface area contributed by atoms with Crippen LogP contribution in [0.4, 0.5) is 0 Å². The molecule has 2 heterocycles. The molecule has 0 unspecified atom stereocenters. The molecule has 0 aliphatic rings. The van der Waals surface area contributed by atoms with Crippen molar-refractivity contribution in [3.05, 3.63) is 52.7 Å². The number of nitrogens with zero attached hydrogens (tertiary/aromatic N) is 4. The van der Waals surface area contributed by atoms with E-state index in [1.54, 1.807) is 25.1 Å². The number of hydrogen-bond donors (Lipinski definition) is 1. The van der Waals surface area contributed by atoms with E-state index in [-0.39, 0.29) is 23.8 Å². The first-order valence-electron chi connectivity index (χ1n) is 6.74. The highest BCUT2D eigenvalue weighted by Crippen LogP contribution is 2.05. The summed E-state index contributed by atoms with van der Waals surface area (Å²) in [5.74, 6) is -0.329. The predicted octanol–water partition coefficient (Wildman–Crippen LogP) is 0.577. The van der Waals surface area contributed by atoms with Gasteiger partial charge in [0.2, 0.25) is 0 Å². The zero-order valence-electron chi connectivity index (χ0n) is 11.8. The molecule has 3 rings (SSSR count). The largest absolute Gasteiger partial charge is 0.348 e. The zero-order valence-corrected chi connectivity index (χ0v) is 11.8. The SMILES string of the molecule is CCNC(=O)c1nc(Cn2cnc3ccccc3c2=O)no1. The van der Waals surface area contributed by atoms with Crippen molar-refractivity contribution < 1.29 is 9.32 Å². The van der Waals surface area contributed by atoms with Crippen LogP contribution in [0.1, 0.15) is 23.4 Å². The first kappa shape index (κ1) is 13.9. The topological polar surface area (TPSA) is 103 Å². The molecule has 0 saturated heterocycles. The minimum Gasteiger partial charge on any atom is -0.348 e. The van der Waals surface area contributed by atoms with Crippen LogP contribution in [0.3, 0.4) is 0 Å². The van der Waals surface area contributed by atoms with Gasteiger partial charge < -0.3 is 9.84 Å². The van der Waals surface area contributed by atoms with Gasteiger partial charge in [0.15, 0.2) is 5.82 Å². The minimum atomic E-state index is -0.440. The van der Waals surface area contributed by atoms with E-state index in [1.807, 2.05) is 6.07 Å². The van der Waals surface area contributed by atoms with Gasteiger partial charge in [0.25, 0.3) is 5.56 Å². The smallest absolute Gasteiger partial charge is 0.316 e. The molecule has 1 aromatic carbocycles. The van der Waals surface area contributed by atoms with Gasteiger partial charge >= 0.3 is 11.8 Å². The fraction of sp³-hybridized carbons (Fsp3) is 0.214. The van der Waals surface area contributed by atoms with Gasteiger partial charge in [0.05, 0.1) is 23.8 Å². The average Bonchev–Trinajstić information content (AvgIpc) is 2.99. The molecule has 0 radical (unpaired) electrons. The number of carbonyl (C=O) groups is 1.